The summed E-state index contributed by atoms with van der Waals surface area (Å²) in [6, 6.07) is 15.4. The third kappa shape index (κ3) is 4.05. The van der Waals surface area contributed by atoms with E-state index in [0.29, 0.717) is 10.9 Å². The van der Waals surface area contributed by atoms with Gasteiger partial charge in [0.2, 0.25) is 0 Å². The molecule has 0 bridgehead atoms. The molecule has 1 aromatic heterocycles. The lowest BCUT2D eigenvalue weighted by atomic mass is 9.99. The number of aromatic nitrogens is 1. The molecule has 0 amide bonds. The van der Waals surface area contributed by atoms with Crippen molar-refractivity contribution in [3.05, 3.63) is 66.0 Å². The van der Waals surface area contributed by atoms with Crippen molar-refractivity contribution in [1.29, 1.82) is 0 Å². The first-order valence-electron chi connectivity index (χ1n) is 10.3. The molecule has 0 saturated heterocycles. The lowest BCUT2D eigenvalue weighted by Crippen LogP contribution is -2.44. The van der Waals surface area contributed by atoms with Crippen LogP contribution >= 0.6 is 12.2 Å². The molecule has 0 fully saturated rings. The summed E-state index contributed by atoms with van der Waals surface area (Å²) in [5.41, 5.74) is 2.85. The SMILES string of the molecule is COc1ccc(OC)c(NC(=S)N2CCn3cccc3[C@@H]2c2cc(OC)ccc2OC)c1. The molecule has 32 heavy (non-hydrogen) atoms. The topological polar surface area (TPSA) is 57.1 Å². The van der Waals surface area contributed by atoms with Gasteiger partial charge in [0.1, 0.15) is 29.0 Å². The number of fused-ring (bicyclic) bond motifs is 1. The van der Waals surface area contributed by atoms with Crippen LogP contribution in [-0.4, -0.2) is 49.6 Å². The van der Waals surface area contributed by atoms with Crippen molar-refractivity contribution in [2.75, 3.05) is 40.3 Å². The van der Waals surface area contributed by atoms with E-state index in [9.17, 15) is 0 Å². The van der Waals surface area contributed by atoms with Gasteiger partial charge in [-0.05, 0) is 54.7 Å². The lowest BCUT2D eigenvalue weighted by molar-refractivity contribution is 0.284. The molecular formula is C24H27N3O4S. The molecule has 1 aliphatic rings. The maximum atomic E-state index is 5.90. The number of rotatable bonds is 6. The summed E-state index contributed by atoms with van der Waals surface area (Å²) in [4.78, 5) is 2.17. The quantitative estimate of drug-likeness (QED) is 0.558. The van der Waals surface area contributed by atoms with E-state index in [1.165, 1.54) is 0 Å². The molecule has 0 unspecified atom stereocenters. The largest absolute Gasteiger partial charge is 0.497 e. The highest BCUT2D eigenvalue weighted by atomic mass is 32.1. The third-order valence-electron chi connectivity index (χ3n) is 5.68. The van der Waals surface area contributed by atoms with Crippen LogP contribution in [0, 0.1) is 0 Å². The number of anilines is 1. The number of hydrogen-bond acceptors (Lipinski definition) is 5. The zero-order valence-electron chi connectivity index (χ0n) is 18.6. The Morgan fingerprint density at radius 2 is 1.56 bits per heavy atom. The van der Waals surface area contributed by atoms with Crippen LogP contribution in [0.15, 0.2) is 54.7 Å². The Bertz CT molecular complexity index is 1110. The molecule has 2 aromatic carbocycles. The minimum Gasteiger partial charge on any atom is -0.497 e. The zero-order chi connectivity index (χ0) is 22.7. The summed E-state index contributed by atoms with van der Waals surface area (Å²) in [5, 5.41) is 3.95. The Balaban J connectivity index is 1.74. The molecule has 0 aliphatic carbocycles. The molecule has 1 atom stereocenters. The summed E-state index contributed by atoms with van der Waals surface area (Å²) in [6.45, 7) is 1.55. The van der Waals surface area contributed by atoms with E-state index >= 15 is 0 Å². The van der Waals surface area contributed by atoms with Gasteiger partial charge in [0, 0.05) is 36.6 Å². The fraction of sp³-hybridized carbons (Fsp3) is 0.292. The van der Waals surface area contributed by atoms with Gasteiger partial charge in [-0.1, -0.05) is 0 Å². The number of hydrogen-bond donors (Lipinski definition) is 1. The van der Waals surface area contributed by atoms with Gasteiger partial charge in [-0.15, -0.1) is 0 Å². The van der Waals surface area contributed by atoms with E-state index < -0.39 is 0 Å². The molecule has 8 heteroatoms. The molecule has 4 rings (SSSR count). The second kappa shape index (κ2) is 9.40. The summed E-state index contributed by atoms with van der Waals surface area (Å²) in [5.74, 6) is 2.94. The summed E-state index contributed by atoms with van der Waals surface area (Å²) < 4.78 is 24.4. The first-order valence-corrected chi connectivity index (χ1v) is 10.7. The Morgan fingerprint density at radius 1 is 0.875 bits per heavy atom. The third-order valence-corrected chi connectivity index (χ3v) is 6.02. The Hall–Kier alpha value is -3.39. The Kier molecular flexibility index (Phi) is 6.41. The molecule has 0 spiro atoms. The molecule has 0 radical (unpaired) electrons. The standard InChI is InChI=1S/C24H27N3O4S/c1-28-16-7-9-21(30-3)18(14-16)23-20-6-5-11-26(20)12-13-27(23)24(32)25-19-15-17(29-2)8-10-22(19)31-4/h5-11,14-15,23H,12-13H2,1-4H3,(H,25,32)/t23-/m0/s1. The molecular weight excluding hydrogens is 426 g/mol. The second-order valence-corrected chi connectivity index (χ2v) is 7.71. The molecule has 1 N–H and O–H groups in total. The molecule has 168 valence electrons. The van der Waals surface area contributed by atoms with Gasteiger partial charge in [0.25, 0.3) is 0 Å². The minimum absolute atomic E-state index is 0.152. The van der Waals surface area contributed by atoms with Gasteiger partial charge in [-0.2, -0.15) is 0 Å². The fourth-order valence-electron chi connectivity index (χ4n) is 4.08. The van der Waals surface area contributed by atoms with Crippen LogP contribution in [0.2, 0.25) is 0 Å². The van der Waals surface area contributed by atoms with Crippen LogP contribution in [0.5, 0.6) is 23.0 Å². The summed E-state index contributed by atoms with van der Waals surface area (Å²) >= 11 is 5.90. The maximum absolute atomic E-state index is 5.90. The Labute approximate surface area is 193 Å². The monoisotopic (exact) mass is 453 g/mol. The van der Waals surface area contributed by atoms with E-state index in [2.05, 4.69) is 33.1 Å². The minimum atomic E-state index is -0.152. The fourth-order valence-corrected chi connectivity index (χ4v) is 4.39. The number of thiocarbonyl (C=S) groups is 1. The van der Waals surface area contributed by atoms with Crippen molar-refractivity contribution in [1.82, 2.24) is 9.47 Å². The van der Waals surface area contributed by atoms with E-state index in [1.54, 1.807) is 28.4 Å². The number of methoxy groups -OCH3 is 4. The van der Waals surface area contributed by atoms with Crippen LogP contribution in [0.3, 0.4) is 0 Å². The van der Waals surface area contributed by atoms with E-state index in [1.807, 2.05) is 36.4 Å². The number of nitrogens with zero attached hydrogens (tertiary/aromatic N) is 2. The Morgan fingerprint density at radius 3 is 2.25 bits per heavy atom. The van der Waals surface area contributed by atoms with Crippen molar-refractivity contribution in [3.63, 3.8) is 0 Å². The van der Waals surface area contributed by atoms with Gasteiger partial charge in [-0.3, -0.25) is 0 Å². The zero-order valence-corrected chi connectivity index (χ0v) is 19.4. The smallest absolute Gasteiger partial charge is 0.174 e. The van der Waals surface area contributed by atoms with Crippen LogP contribution in [0.1, 0.15) is 17.3 Å². The first kappa shape index (κ1) is 21.8. The summed E-state index contributed by atoms with van der Waals surface area (Å²) in [7, 11) is 6.60. The van der Waals surface area contributed by atoms with Crippen molar-refractivity contribution >= 4 is 23.0 Å². The average Bonchev–Trinajstić information content (AvgIpc) is 3.31. The van der Waals surface area contributed by atoms with Crippen molar-refractivity contribution < 1.29 is 18.9 Å². The van der Waals surface area contributed by atoms with Crippen LogP contribution in [-0.2, 0) is 6.54 Å². The average molecular weight is 454 g/mol. The number of nitrogens with one attached hydrogen (secondary N) is 1. The highest BCUT2D eigenvalue weighted by Gasteiger charge is 2.33. The van der Waals surface area contributed by atoms with Crippen LogP contribution < -0.4 is 24.3 Å². The predicted octanol–water partition coefficient (Wildman–Crippen LogP) is 4.32. The number of ether oxygens (including phenoxy) is 4. The van der Waals surface area contributed by atoms with E-state index in [0.717, 1.165) is 47.3 Å². The first-order chi connectivity index (χ1) is 15.6. The van der Waals surface area contributed by atoms with Gasteiger partial charge in [0.05, 0.1) is 34.1 Å². The molecule has 2 heterocycles. The normalized spacial score (nSPS) is 15.0. The van der Waals surface area contributed by atoms with E-state index in [4.69, 9.17) is 31.2 Å². The van der Waals surface area contributed by atoms with Gasteiger partial charge in [0.15, 0.2) is 5.11 Å². The van der Waals surface area contributed by atoms with Crippen molar-refractivity contribution in [2.24, 2.45) is 0 Å². The van der Waals surface area contributed by atoms with Crippen LogP contribution in [0.4, 0.5) is 5.69 Å². The summed E-state index contributed by atoms with van der Waals surface area (Å²) in [6.07, 6.45) is 2.09. The van der Waals surface area contributed by atoms with Gasteiger partial charge >= 0.3 is 0 Å². The highest BCUT2D eigenvalue weighted by Crippen LogP contribution is 2.40. The van der Waals surface area contributed by atoms with E-state index in [-0.39, 0.29) is 6.04 Å². The van der Waals surface area contributed by atoms with Gasteiger partial charge < -0.3 is 33.7 Å². The lowest BCUT2D eigenvalue weighted by Gasteiger charge is -2.39. The van der Waals surface area contributed by atoms with Crippen molar-refractivity contribution in [2.45, 2.75) is 12.6 Å². The molecule has 7 nitrogen and oxygen atoms in total. The molecule has 1 aliphatic heterocycles. The van der Waals surface area contributed by atoms with Crippen molar-refractivity contribution in [3.8, 4) is 23.0 Å². The maximum Gasteiger partial charge on any atom is 0.174 e. The van der Waals surface area contributed by atoms with Crippen LogP contribution in [0.25, 0.3) is 0 Å². The highest BCUT2D eigenvalue weighted by molar-refractivity contribution is 7.80. The second-order valence-electron chi connectivity index (χ2n) is 7.33. The molecule has 0 saturated carbocycles. The number of benzene rings is 2. The van der Waals surface area contributed by atoms with Gasteiger partial charge in [-0.25, -0.2) is 0 Å². The molecule has 3 aromatic rings. The predicted molar refractivity (Wildman–Crippen MR) is 128 cm³/mol.